The number of aromatic nitrogens is 2. The molecule has 0 atom stereocenters. The number of carbonyl (C=O) groups is 1. The summed E-state index contributed by atoms with van der Waals surface area (Å²) in [6.45, 7) is 3.76. The lowest BCUT2D eigenvalue weighted by Gasteiger charge is -2.13. The molecule has 0 unspecified atom stereocenters. The minimum absolute atomic E-state index is 0.0398. The number of rotatable bonds is 5. The van der Waals surface area contributed by atoms with Crippen molar-refractivity contribution >= 4 is 17.5 Å². The summed E-state index contributed by atoms with van der Waals surface area (Å²) in [4.78, 5) is 19.4. The molecule has 1 amide bonds. The van der Waals surface area contributed by atoms with Gasteiger partial charge in [0.15, 0.2) is 0 Å². The SMILES string of the molecule is C=CCNC(=O)c1cnc(Nc2ccccc2C(F)(F)F)nc1. The lowest BCUT2D eigenvalue weighted by Crippen LogP contribution is -2.23. The molecule has 0 fully saturated rings. The summed E-state index contributed by atoms with van der Waals surface area (Å²) in [5.41, 5.74) is -0.790. The van der Waals surface area contributed by atoms with Crippen LogP contribution in [-0.2, 0) is 6.18 Å². The number of nitrogens with zero attached hydrogens (tertiary/aromatic N) is 2. The summed E-state index contributed by atoms with van der Waals surface area (Å²) in [5, 5.41) is 5.04. The summed E-state index contributed by atoms with van der Waals surface area (Å²) in [5.74, 6) is -0.436. The number of para-hydroxylation sites is 1. The van der Waals surface area contributed by atoms with Crippen molar-refractivity contribution in [2.45, 2.75) is 6.18 Å². The molecule has 0 aliphatic rings. The molecule has 0 saturated heterocycles. The number of benzene rings is 1. The van der Waals surface area contributed by atoms with Crippen molar-refractivity contribution in [3.63, 3.8) is 0 Å². The van der Waals surface area contributed by atoms with Gasteiger partial charge in [-0.2, -0.15) is 13.2 Å². The van der Waals surface area contributed by atoms with E-state index in [0.717, 1.165) is 6.07 Å². The molecule has 1 heterocycles. The van der Waals surface area contributed by atoms with Crippen molar-refractivity contribution in [3.05, 3.63) is 60.4 Å². The number of alkyl halides is 3. The molecule has 23 heavy (non-hydrogen) atoms. The van der Waals surface area contributed by atoms with E-state index < -0.39 is 17.6 Å². The topological polar surface area (TPSA) is 66.9 Å². The Bertz CT molecular complexity index is 699. The maximum absolute atomic E-state index is 12.9. The second-order valence-corrected chi connectivity index (χ2v) is 4.46. The first-order chi connectivity index (χ1) is 10.9. The van der Waals surface area contributed by atoms with Gasteiger partial charge in [-0.3, -0.25) is 4.79 Å². The second-order valence-electron chi connectivity index (χ2n) is 4.46. The first kappa shape index (κ1) is 16.5. The number of amides is 1. The molecular weight excluding hydrogens is 309 g/mol. The van der Waals surface area contributed by atoms with E-state index in [2.05, 4.69) is 27.2 Å². The Hall–Kier alpha value is -2.90. The van der Waals surface area contributed by atoms with E-state index >= 15 is 0 Å². The number of halogens is 3. The molecule has 1 aromatic heterocycles. The van der Waals surface area contributed by atoms with Gasteiger partial charge in [-0.1, -0.05) is 18.2 Å². The van der Waals surface area contributed by atoms with Gasteiger partial charge in [0.1, 0.15) is 0 Å². The molecule has 8 heteroatoms. The summed E-state index contributed by atoms with van der Waals surface area (Å²) in [6.07, 6.45) is -0.523. The van der Waals surface area contributed by atoms with Gasteiger partial charge in [0, 0.05) is 18.9 Å². The molecule has 0 bridgehead atoms. The number of hydrogen-bond donors (Lipinski definition) is 2. The molecule has 2 N–H and O–H groups in total. The highest BCUT2D eigenvalue weighted by molar-refractivity contribution is 5.93. The maximum Gasteiger partial charge on any atom is 0.418 e. The minimum atomic E-state index is -4.49. The van der Waals surface area contributed by atoms with E-state index in [0.29, 0.717) is 0 Å². The lowest BCUT2D eigenvalue weighted by atomic mass is 10.1. The third-order valence-corrected chi connectivity index (χ3v) is 2.80. The average Bonchev–Trinajstić information content (AvgIpc) is 2.53. The highest BCUT2D eigenvalue weighted by Gasteiger charge is 2.33. The summed E-state index contributed by atoms with van der Waals surface area (Å²) >= 11 is 0. The van der Waals surface area contributed by atoms with Crippen LogP contribution in [-0.4, -0.2) is 22.4 Å². The maximum atomic E-state index is 12.9. The van der Waals surface area contributed by atoms with Crippen LogP contribution in [0.4, 0.5) is 24.8 Å². The fourth-order valence-electron chi connectivity index (χ4n) is 1.74. The monoisotopic (exact) mass is 322 g/mol. The van der Waals surface area contributed by atoms with Gasteiger partial charge in [-0.25, -0.2) is 9.97 Å². The van der Waals surface area contributed by atoms with E-state index in [9.17, 15) is 18.0 Å². The van der Waals surface area contributed by atoms with Crippen molar-refractivity contribution in [1.29, 1.82) is 0 Å². The van der Waals surface area contributed by atoms with E-state index in [1.165, 1.54) is 36.7 Å². The van der Waals surface area contributed by atoms with Crippen molar-refractivity contribution in [2.24, 2.45) is 0 Å². The van der Waals surface area contributed by atoms with Crippen LogP contribution >= 0.6 is 0 Å². The van der Waals surface area contributed by atoms with Gasteiger partial charge in [0.2, 0.25) is 5.95 Å². The Kier molecular flexibility index (Phi) is 4.95. The summed E-state index contributed by atoms with van der Waals surface area (Å²) < 4.78 is 38.7. The normalized spacial score (nSPS) is 10.9. The summed E-state index contributed by atoms with van der Waals surface area (Å²) in [7, 11) is 0. The van der Waals surface area contributed by atoms with Crippen molar-refractivity contribution in [1.82, 2.24) is 15.3 Å². The fraction of sp³-hybridized carbons (Fsp3) is 0.133. The molecule has 0 aliphatic heterocycles. The Labute approximate surface area is 130 Å². The van der Waals surface area contributed by atoms with Crippen LogP contribution in [0, 0.1) is 0 Å². The molecule has 1 aromatic carbocycles. The van der Waals surface area contributed by atoms with Gasteiger partial charge >= 0.3 is 6.18 Å². The van der Waals surface area contributed by atoms with Gasteiger partial charge < -0.3 is 10.6 Å². The smallest absolute Gasteiger partial charge is 0.348 e. The molecule has 0 aliphatic carbocycles. The van der Waals surface area contributed by atoms with E-state index in [1.54, 1.807) is 0 Å². The van der Waals surface area contributed by atoms with Gasteiger partial charge in [0.25, 0.3) is 5.91 Å². The van der Waals surface area contributed by atoms with E-state index in [1.807, 2.05) is 0 Å². The molecule has 120 valence electrons. The Morgan fingerprint density at radius 3 is 2.48 bits per heavy atom. The number of hydrogen-bond acceptors (Lipinski definition) is 4. The quantitative estimate of drug-likeness (QED) is 0.830. The van der Waals surface area contributed by atoms with Gasteiger partial charge in [-0.15, -0.1) is 6.58 Å². The largest absolute Gasteiger partial charge is 0.418 e. The third kappa shape index (κ3) is 4.29. The first-order valence-electron chi connectivity index (χ1n) is 6.56. The third-order valence-electron chi connectivity index (χ3n) is 2.80. The zero-order valence-corrected chi connectivity index (χ0v) is 11.9. The molecule has 0 saturated carbocycles. The molecular formula is C15H13F3N4O. The highest BCUT2D eigenvalue weighted by atomic mass is 19.4. The fourth-order valence-corrected chi connectivity index (χ4v) is 1.74. The Balaban J connectivity index is 2.16. The molecule has 5 nitrogen and oxygen atoms in total. The summed E-state index contributed by atoms with van der Waals surface area (Å²) in [6, 6.07) is 4.99. The Morgan fingerprint density at radius 2 is 1.87 bits per heavy atom. The van der Waals surface area contributed by atoms with E-state index in [-0.39, 0.29) is 23.7 Å². The van der Waals surface area contributed by atoms with Crippen LogP contribution < -0.4 is 10.6 Å². The van der Waals surface area contributed by atoms with Crippen LogP contribution in [0.15, 0.2) is 49.3 Å². The first-order valence-corrected chi connectivity index (χ1v) is 6.56. The minimum Gasteiger partial charge on any atom is -0.348 e. The van der Waals surface area contributed by atoms with Crippen molar-refractivity contribution in [2.75, 3.05) is 11.9 Å². The zero-order chi connectivity index (χ0) is 16.9. The van der Waals surface area contributed by atoms with Crippen molar-refractivity contribution in [3.8, 4) is 0 Å². The van der Waals surface area contributed by atoms with E-state index in [4.69, 9.17) is 0 Å². The van der Waals surface area contributed by atoms with Crippen molar-refractivity contribution < 1.29 is 18.0 Å². The average molecular weight is 322 g/mol. The van der Waals surface area contributed by atoms with Gasteiger partial charge in [0.05, 0.1) is 16.8 Å². The number of nitrogens with one attached hydrogen (secondary N) is 2. The standard InChI is InChI=1S/C15H13F3N4O/c1-2-7-19-13(23)10-8-20-14(21-9-10)22-12-6-4-3-5-11(12)15(16,17)18/h2-6,8-9H,1,7H2,(H,19,23)(H,20,21,22). The zero-order valence-electron chi connectivity index (χ0n) is 11.9. The molecule has 2 rings (SSSR count). The second kappa shape index (κ2) is 6.91. The van der Waals surface area contributed by atoms with Crippen LogP contribution in [0.25, 0.3) is 0 Å². The number of carbonyl (C=O) groups excluding carboxylic acids is 1. The highest BCUT2D eigenvalue weighted by Crippen LogP contribution is 2.35. The van der Waals surface area contributed by atoms with Crippen LogP contribution in [0.2, 0.25) is 0 Å². The van der Waals surface area contributed by atoms with Gasteiger partial charge in [-0.05, 0) is 12.1 Å². The number of anilines is 2. The Morgan fingerprint density at radius 1 is 1.22 bits per heavy atom. The van der Waals surface area contributed by atoms with Crippen LogP contribution in [0.1, 0.15) is 15.9 Å². The lowest BCUT2D eigenvalue weighted by molar-refractivity contribution is -0.136. The van der Waals surface area contributed by atoms with Crippen LogP contribution in [0.5, 0.6) is 0 Å². The molecule has 0 spiro atoms. The predicted octanol–water partition coefficient (Wildman–Crippen LogP) is 3.15. The van der Waals surface area contributed by atoms with Crippen LogP contribution in [0.3, 0.4) is 0 Å². The molecule has 2 aromatic rings. The molecule has 0 radical (unpaired) electrons. The predicted molar refractivity (Wildman–Crippen MR) is 79.3 cm³/mol.